The Balaban J connectivity index is 2.65. The summed E-state index contributed by atoms with van der Waals surface area (Å²) in [6.07, 6.45) is 6.73. The van der Waals surface area contributed by atoms with E-state index in [1.54, 1.807) is 0 Å². The van der Waals surface area contributed by atoms with Crippen molar-refractivity contribution >= 4 is 0 Å². The number of rotatable bonds is 10. The van der Waals surface area contributed by atoms with Crippen molar-refractivity contribution in [3.05, 3.63) is 0 Å². The van der Waals surface area contributed by atoms with Gasteiger partial charge in [0.1, 0.15) is 0 Å². The summed E-state index contributed by atoms with van der Waals surface area (Å²) in [5.41, 5.74) is 0. The molecule has 0 saturated heterocycles. The molecule has 3 nitrogen and oxygen atoms in total. The van der Waals surface area contributed by atoms with Crippen molar-refractivity contribution in [3.8, 4) is 0 Å². The van der Waals surface area contributed by atoms with Crippen LogP contribution in [0.15, 0.2) is 0 Å². The Bertz CT molecular complexity index is 260. The highest BCUT2D eigenvalue weighted by atomic mass is 16.5. The van der Waals surface area contributed by atoms with Crippen LogP contribution >= 0.6 is 0 Å². The second-order valence-corrected chi connectivity index (χ2v) is 6.76. The molecule has 21 heavy (non-hydrogen) atoms. The fourth-order valence-electron chi connectivity index (χ4n) is 3.72. The van der Waals surface area contributed by atoms with Crippen LogP contribution in [0, 0.1) is 11.8 Å². The standard InChI is InChI=1S/C18H38N2O/c1-6-15(4)20(11-12-21-5)14-17-13-16(7-2)9-10-18(17)19-8-3/h15-19H,6-14H2,1-5H3. The molecule has 0 amide bonds. The lowest BCUT2D eigenvalue weighted by Crippen LogP contribution is -2.48. The molecule has 1 fully saturated rings. The SMILES string of the molecule is CCNC1CCC(CC)CC1CN(CCOC)C(C)CC. The Morgan fingerprint density at radius 1 is 1.24 bits per heavy atom. The number of nitrogens with zero attached hydrogens (tertiary/aromatic N) is 1. The van der Waals surface area contributed by atoms with Crippen molar-refractivity contribution in [2.75, 3.05) is 33.4 Å². The van der Waals surface area contributed by atoms with Crippen molar-refractivity contribution in [3.63, 3.8) is 0 Å². The van der Waals surface area contributed by atoms with Crippen molar-refractivity contribution in [2.24, 2.45) is 11.8 Å². The number of ether oxygens (including phenoxy) is 1. The summed E-state index contributed by atoms with van der Waals surface area (Å²) in [5, 5.41) is 3.74. The van der Waals surface area contributed by atoms with Gasteiger partial charge in [0, 0.05) is 32.3 Å². The van der Waals surface area contributed by atoms with Gasteiger partial charge in [-0.2, -0.15) is 0 Å². The molecule has 0 radical (unpaired) electrons. The van der Waals surface area contributed by atoms with E-state index >= 15 is 0 Å². The molecule has 0 aromatic rings. The lowest BCUT2D eigenvalue weighted by atomic mass is 9.76. The predicted octanol–water partition coefficient (Wildman–Crippen LogP) is 3.54. The quantitative estimate of drug-likeness (QED) is 0.667. The third-order valence-corrected chi connectivity index (χ3v) is 5.40. The summed E-state index contributed by atoms with van der Waals surface area (Å²) >= 11 is 0. The zero-order chi connectivity index (χ0) is 15.7. The van der Waals surface area contributed by atoms with E-state index in [0.29, 0.717) is 12.1 Å². The largest absolute Gasteiger partial charge is 0.383 e. The van der Waals surface area contributed by atoms with Crippen molar-refractivity contribution < 1.29 is 4.74 Å². The van der Waals surface area contributed by atoms with Gasteiger partial charge < -0.3 is 10.1 Å². The first kappa shape index (κ1) is 18.9. The van der Waals surface area contributed by atoms with E-state index < -0.39 is 0 Å². The molecule has 126 valence electrons. The van der Waals surface area contributed by atoms with Gasteiger partial charge in [0.15, 0.2) is 0 Å². The predicted molar refractivity (Wildman–Crippen MR) is 91.8 cm³/mol. The van der Waals surface area contributed by atoms with Gasteiger partial charge >= 0.3 is 0 Å². The second-order valence-electron chi connectivity index (χ2n) is 6.76. The highest BCUT2D eigenvalue weighted by Gasteiger charge is 2.31. The first-order chi connectivity index (χ1) is 10.2. The minimum Gasteiger partial charge on any atom is -0.383 e. The number of hydrogen-bond acceptors (Lipinski definition) is 3. The van der Waals surface area contributed by atoms with Gasteiger partial charge in [-0.25, -0.2) is 0 Å². The lowest BCUT2D eigenvalue weighted by molar-refractivity contribution is 0.0824. The molecule has 0 aromatic heterocycles. The van der Waals surface area contributed by atoms with E-state index in [9.17, 15) is 0 Å². The Labute approximate surface area is 132 Å². The number of hydrogen-bond donors (Lipinski definition) is 1. The van der Waals surface area contributed by atoms with Crippen LogP contribution in [-0.2, 0) is 4.74 Å². The Kier molecular flexibility index (Phi) is 9.54. The molecule has 1 aliphatic carbocycles. The molecule has 1 saturated carbocycles. The minimum atomic E-state index is 0.657. The summed E-state index contributed by atoms with van der Waals surface area (Å²) in [7, 11) is 1.81. The van der Waals surface area contributed by atoms with Gasteiger partial charge in [-0.1, -0.05) is 27.2 Å². The molecule has 0 heterocycles. The van der Waals surface area contributed by atoms with Gasteiger partial charge in [-0.15, -0.1) is 0 Å². The molecule has 0 spiro atoms. The van der Waals surface area contributed by atoms with E-state index in [4.69, 9.17) is 4.74 Å². The molecule has 4 unspecified atom stereocenters. The molecule has 1 aliphatic rings. The van der Waals surface area contributed by atoms with E-state index in [1.807, 2.05) is 7.11 Å². The average Bonchev–Trinajstić information content (AvgIpc) is 2.52. The average molecular weight is 299 g/mol. The molecule has 1 rings (SSSR count). The van der Waals surface area contributed by atoms with Crippen LogP contribution in [-0.4, -0.2) is 50.3 Å². The summed E-state index contributed by atoms with van der Waals surface area (Å²) in [4.78, 5) is 2.65. The monoisotopic (exact) mass is 298 g/mol. The smallest absolute Gasteiger partial charge is 0.0589 e. The highest BCUT2D eigenvalue weighted by molar-refractivity contribution is 4.87. The molecule has 4 atom stereocenters. The van der Waals surface area contributed by atoms with Gasteiger partial charge in [0.05, 0.1) is 6.61 Å². The normalized spacial score (nSPS) is 28.0. The number of methoxy groups -OCH3 is 1. The van der Waals surface area contributed by atoms with Crippen LogP contribution in [0.4, 0.5) is 0 Å². The van der Waals surface area contributed by atoms with Crippen LogP contribution in [0.25, 0.3) is 0 Å². The van der Waals surface area contributed by atoms with Crippen molar-refractivity contribution in [1.29, 1.82) is 0 Å². The van der Waals surface area contributed by atoms with Crippen LogP contribution in [0.5, 0.6) is 0 Å². The second kappa shape index (κ2) is 10.6. The number of nitrogens with one attached hydrogen (secondary N) is 1. The maximum atomic E-state index is 5.32. The Morgan fingerprint density at radius 3 is 2.57 bits per heavy atom. The minimum absolute atomic E-state index is 0.657. The maximum Gasteiger partial charge on any atom is 0.0589 e. The molecule has 0 bridgehead atoms. The van der Waals surface area contributed by atoms with Crippen LogP contribution in [0.2, 0.25) is 0 Å². The van der Waals surface area contributed by atoms with Gasteiger partial charge in [-0.05, 0) is 51.0 Å². The Hall–Kier alpha value is -0.120. The summed E-state index contributed by atoms with van der Waals surface area (Å²) in [5.74, 6) is 1.74. The first-order valence-corrected chi connectivity index (χ1v) is 9.12. The molecular weight excluding hydrogens is 260 g/mol. The fraction of sp³-hybridized carbons (Fsp3) is 1.00. The van der Waals surface area contributed by atoms with E-state index in [0.717, 1.165) is 31.5 Å². The lowest BCUT2D eigenvalue weighted by Gasteiger charge is -2.40. The Morgan fingerprint density at radius 2 is 2.00 bits per heavy atom. The molecule has 0 aromatic carbocycles. The third-order valence-electron chi connectivity index (χ3n) is 5.40. The third kappa shape index (κ3) is 6.25. The van der Waals surface area contributed by atoms with E-state index in [-0.39, 0.29) is 0 Å². The molecular formula is C18H38N2O. The van der Waals surface area contributed by atoms with Crippen molar-refractivity contribution in [1.82, 2.24) is 10.2 Å². The van der Waals surface area contributed by atoms with Crippen molar-refractivity contribution in [2.45, 2.75) is 71.9 Å². The van der Waals surface area contributed by atoms with E-state index in [1.165, 1.54) is 38.6 Å². The van der Waals surface area contributed by atoms with Gasteiger partial charge in [0.25, 0.3) is 0 Å². The highest BCUT2D eigenvalue weighted by Crippen LogP contribution is 2.32. The first-order valence-electron chi connectivity index (χ1n) is 9.12. The maximum absolute atomic E-state index is 5.32. The molecule has 0 aliphatic heterocycles. The molecule has 3 heteroatoms. The van der Waals surface area contributed by atoms with Gasteiger partial charge in [0.2, 0.25) is 0 Å². The van der Waals surface area contributed by atoms with Gasteiger partial charge in [-0.3, -0.25) is 4.90 Å². The summed E-state index contributed by atoms with van der Waals surface area (Å²) in [6.45, 7) is 13.5. The summed E-state index contributed by atoms with van der Waals surface area (Å²) in [6, 6.07) is 1.37. The topological polar surface area (TPSA) is 24.5 Å². The zero-order valence-corrected chi connectivity index (χ0v) is 15.0. The zero-order valence-electron chi connectivity index (χ0n) is 15.0. The van der Waals surface area contributed by atoms with Crippen LogP contribution < -0.4 is 5.32 Å². The molecule has 1 N–H and O–H groups in total. The van der Waals surface area contributed by atoms with E-state index in [2.05, 4.69) is 37.9 Å². The summed E-state index contributed by atoms with van der Waals surface area (Å²) < 4.78 is 5.32. The van der Waals surface area contributed by atoms with Crippen LogP contribution in [0.1, 0.15) is 59.8 Å². The van der Waals surface area contributed by atoms with Crippen LogP contribution in [0.3, 0.4) is 0 Å². The fourth-order valence-corrected chi connectivity index (χ4v) is 3.72.